The summed E-state index contributed by atoms with van der Waals surface area (Å²) in [5.41, 5.74) is 10.4. The van der Waals surface area contributed by atoms with E-state index in [0.29, 0.717) is 10.2 Å². The maximum Gasteiger partial charge on any atom is 0.251 e. The summed E-state index contributed by atoms with van der Waals surface area (Å²) in [6.45, 7) is 0. The fourth-order valence-corrected chi connectivity index (χ4v) is 3.28. The Kier molecular flexibility index (Phi) is 3.40. The lowest BCUT2D eigenvalue weighted by atomic mass is 9.86. The topological polar surface area (TPSA) is 58.9 Å². The molecule has 0 spiro atoms. The van der Waals surface area contributed by atoms with Crippen LogP contribution in [0.2, 0.25) is 0 Å². The van der Waals surface area contributed by atoms with Crippen molar-refractivity contribution >= 4 is 18.1 Å². The Morgan fingerprint density at radius 1 is 1.10 bits per heavy atom. The summed E-state index contributed by atoms with van der Waals surface area (Å²) in [4.78, 5) is 14.9. The number of nitrogens with two attached hydrogens (primary N) is 1. The van der Waals surface area contributed by atoms with Gasteiger partial charge in [-0.25, -0.2) is 0 Å². The van der Waals surface area contributed by atoms with Gasteiger partial charge in [0, 0.05) is 5.69 Å². The van der Waals surface area contributed by atoms with Crippen LogP contribution in [-0.2, 0) is 12.8 Å². The minimum Gasteiger partial charge on any atom is -0.365 e. The molecule has 20 heavy (non-hydrogen) atoms. The largest absolute Gasteiger partial charge is 0.365 e. The van der Waals surface area contributed by atoms with Crippen LogP contribution in [0.15, 0.2) is 30.3 Å². The molecule has 4 heteroatoms. The number of nitrogens with one attached hydrogen (secondary N) is 1. The van der Waals surface area contributed by atoms with Gasteiger partial charge in [-0.2, -0.15) is 0 Å². The molecule has 0 saturated heterocycles. The van der Waals surface area contributed by atoms with E-state index in [0.717, 1.165) is 42.5 Å². The number of carbonyl (C=O) groups is 1. The number of hydrogen-bond acceptors (Lipinski definition) is 2. The molecule has 1 amide bonds. The van der Waals surface area contributed by atoms with E-state index in [-0.39, 0.29) is 0 Å². The smallest absolute Gasteiger partial charge is 0.251 e. The average molecular weight is 284 g/mol. The minimum absolute atomic E-state index is 0.427. The molecule has 1 heterocycles. The van der Waals surface area contributed by atoms with Gasteiger partial charge in [0.25, 0.3) is 5.91 Å². The van der Waals surface area contributed by atoms with E-state index in [1.54, 1.807) is 0 Å². The lowest BCUT2D eigenvalue weighted by molar-refractivity contribution is 0.0998. The van der Waals surface area contributed by atoms with Gasteiger partial charge < -0.3 is 10.7 Å². The molecule has 1 aromatic carbocycles. The Morgan fingerprint density at radius 3 is 2.40 bits per heavy atom. The molecule has 2 aromatic rings. The number of hydrogen-bond donors (Lipinski definition) is 2. The maximum absolute atomic E-state index is 11.7. The minimum atomic E-state index is -0.427. The number of fused-ring (bicyclic) bond motifs is 1. The first-order valence-electron chi connectivity index (χ1n) is 6.81. The first-order valence-corrected chi connectivity index (χ1v) is 7.22. The molecule has 0 atom stereocenters. The van der Waals surface area contributed by atoms with Crippen LogP contribution in [-0.4, -0.2) is 10.9 Å². The van der Waals surface area contributed by atoms with Crippen molar-refractivity contribution in [1.82, 2.24) is 4.98 Å². The predicted molar refractivity (Wildman–Crippen MR) is 82.2 cm³/mol. The highest BCUT2D eigenvalue weighted by atomic mass is 32.1. The van der Waals surface area contributed by atoms with Crippen molar-refractivity contribution in [3.63, 3.8) is 0 Å². The fraction of sp³-hybridized carbons (Fsp3) is 0.250. The predicted octanol–water partition coefficient (Wildman–Crippen LogP) is 3.39. The first-order chi connectivity index (χ1) is 9.68. The molecule has 1 aromatic heterocycles. The van der Waals surface area contributed by atoms with Crippen LogP contribution < -0.4 is 5.73 Å². The number of carbonyl (C=O) groups excluding carboxylic acids is 1. The highest BCUT2D eigenvalue weighted by Gasteiger charge is 2.22. The van der Waals surface area contributed by atoms with Crippen LogP contribution in [0.4, 0.5) is 0 Å². The standard InChI is InChI=1S/C16H16N2OS/c17-15(19)13-11-8-4-5-9-12(11)14(18-16(13)20)10-6-2-1-3-7-10/h1-3,6-7H,4-5,8-9H2,(H2,17,19)(H,18,20). The maximum atomic E-state index is 11.7. The highest BCUT2D eigenvalue weighted by Crippen LogP contribution is 2.32. The third kappa shape index (κ3) is 2.16. The molecule has 0 saturated carbocycles. The van der Waals surface area contributed by atoms with Gasteiger partial charge in [0.2, 0.25) is 0 Å². The quantitative estimate of drug-likeness (QED) is 0.830. The third-order valence-corrected chi connectivity index (χ3v) is 4.15. The fourth-order valence-electron chi connectivity index (χ4n) is 2.96. The Morgan fingerprint density at radius 2 is 1.75 bits per heavy atom. The van der Waals surface area contributed by atoms with Crippen molar-refractivity contribution in [3.8, 4) is 11.3 Å². The zero-order chi connectivity index (χ0) is 14.1. The van der Waals surface area contributed by atoms with Gasteiger partial charge in [-0.15, -0.1) is 0 Å². The van der Waals surface area contributed by atoms with Gasteiger partial charge in [-0.1, -0.05) is 42.5 Å². The molecular weight excluding hydrogens is 268 g/mol. The molecule has 0 radical (unpaired) electrons. The zero-order valence-electron chi connectivity index (χ0n) is 11.1. The number of aromatic amines is 1. The van der Waals surface area contributed by atoms with E-state index in [9.17, 15) is 4.79 Å². The van der Waals surface area contributed by atoms with Gasteiger partial charge in [0.15, 0.2) is 0 Å². The third-order valence-electron chi connectivity index (χ3n) is 3.85. The van der Waals surface area contributed by atoms with Crippen molar-refractivity contribution in [2.75, 3.05) is 0 Å². The van der Waals surface area contributed by atoms with Crippen molar-refractivity contribution in [3.05, 3.63) is 51.7 Å². The van der Waals surface area contributed by atoms with Crippen molar-refractivity contribution < 1.29 is 4.79 Å². The number of aromatic nitrogens is 1. The van der Waals surface area contributed by atoms with Crippen molar-refractivity contribution in [2.24, 2.45) is 5.73 Å². The number of benzene rings is 1. The average Bonchev–Trinajstić information content (AvgIpc) is 2.47. The number of H-pyrrole nitrogens is 1. The molecule has 0 bridgehead atoms. The molecule has 1 aliphatic rings. The Hall–Kier alpha value is -1.94. The second-order valence-electron chi connectivity index (χ2n) is 5.10. The second-order valence-corrected chi connectivity index (χ2v) is 5.51. The molecule has 0 unspecified atom stereocenters. The van der Waals surface area contributed by atoms with E-state index >= 15 is 0 Å². The lowest BCUT2D eigenvalue weighted by Crippen LogP contribution is -2.19. The summed E-state index contributed by atoms with van der Waals surface area (Å²) in [7, 11) is 0. The Bertz CT molecular complexity index is 719. The van der Waals surface area contributed by atoms with E-state index in [1.165, 1.54) is 5.56 Å². The highest BCUT2D eigenvalue weighted by molar-refractivity contribution is 7.71. The summed E-state index contributed by atoms with van der Waals surface area (Å²) in [6.07, 6.45) is 4.06. The zero-order valence-corrected chi connectivity index (χ0v) is 11.9. The summed E-state index contributed by atoms with van der Waals surface area (Å²) < 4.78 is 0.456. The molecule has 3 rings (SSSR count). The van der Waals surface area contributed by atoms with Crippen LogP contribution in [0.1, 0.15) is 34.3 Å². The van der Waals surface area contributed by atoms with Crippen molar-refractivity contribution in [1.29, 1.82) is 0 Å². The molecule has 0 aliphatic heterocycles. The number of pyridine rings is 1. The summed E-state index contributed by atoms with van der Waals surface area (Å²) in [6, 6.07) is 10.1. The molecule has 3 nitrogen and oxygen atoms in total. The van der Waals surface area contributed by atoms with Crippen LogP contribution in [0, 0.1) is 4.64 Å². The normalized spacial score (nSPS) is 13.8. The van der Waals surface area contributed by atoms with Gasteiger partial charge in [-0.05, 0) is 42.4 Å². The lowest BCUT2D eigenvalue weighted by Gasteiger charge is -2.22. The Labute approximate surface area is 122 Å². The molecule has 102 valence electrons. The second kappa shape index (κ2) is 5.21. The van der Waals surface area contributed by atoms with Crippen LogP contribution in [0.25, 0.3) is 11.3 Å². The number of primary amides is 1. The van der Waals surface area contributed by atoms with E-state index in [1.807, 2.05) is 18.2 Å². The van der Waals surface area contributed by atoms with E-state index in [4.69, 9.17) is 18.0 Å². The van der Waals surface area contributed by atoms with E-state index in [2.05, 4.69) is 17.1 Å². The molecule has 0 fully saturated rings. The summed E-state index contributed by atoms with van der Waals surface area (Å²) in [5.74, 6) is -0.427. The first kappa shape index (κ1) is 13.1. The van der Waals surface area contributed by atoms with Crippen LogP contribution >= 0.6 is 12.2 Å². The SMILES string of the molecule is NC(=O)c1c2c(c(-c3ccccc3)[nH]c1=S)CCCC2. The Balaban J connectivity index is 2.30. The molecule has 1 aliphatic carbocycles. The van der Waals surface area contributed by atoms with Crippen LogP contribution in [0.5, 0.6) is 0 Å². The summed E-state index contributed by atoms with van der Waals surface area (Å²) in [5, 5.41) is 0. The van der Waals surface area contributed by atoms with Crippen LogP contribution in [0.3, 0.4) is 0 Å². The molecule has 3 N–H and O–H groups in total. The molecular formula is C16H16N2OS. The van der Waals surface area contributed by atoms with Gasteiger partial charge in [0.1, 0.15) is 4.64 Å². The van der Waals surface area contributed by atoms with Crippen molar-refractivity contribution in [2.45, 2.75) is 25.7 Å². The van der Waals surface area contributed by atoms with E-state index < -0.39 is 5.91 Å². The number of amides is 1. The van der Waals surface area contributed by atoms with Gasteiger partial charge in [0.05, 0.1) is 5.56 Å². The monoisotopic (exact) mass is 284 g/mol. The summed E-state index contributed by atoms with van der Waals surface area (Å²) >= 11 is 5.34. The van der Waals surface area contributed by atoms with Gasteiger partial charge >= 0.3 is 0 Å². The van der Waals surface area contributed by atoms with Gasteiger partial charge in [-0.3, -0.25) is 4.79 Å². The number of rotatable bonds is 2.